The number of methoxy groups -OCH3 is 1. The Labute approximate surface area is 182 Å². The van der Waals surface area contributed by atoms with Crippen molar-refractivity contribution in [3.8, 4) is 5.75 Å². The van der Waals surface area contributed by atoms with Crippen LogP contribution in [0, 0.1) is 11.8 Å². The first-order chi connectivity index (χ1) is 15.0. The lowest BCUT2D eigenvalue weighted by Gasteiger charge is -2.23. The van der Waals surface area contributed by atoms with Gasteiger partial charge in [0.15, 0.2) is 0 Å². The van der Waals surface area contributed by atoms with Gasteiger partial charge >= 0.3 is 0 Å². The zero-order valence-corrected chi connectivity index (χ0v) is 18.3. The molecule has 1 aromatic rings. The van der Waals surface area contributed by atoms with Crippen molar-refractivity contribution in [3.05, 3.63) is 24.3 Å². The predicted octanol–water partition coefficient (Wildman–Crippen LogP) is 2.44. The second kappa shape index (κ2) is 10.4. The summed E-state index contributed by atoms with van der Waals surface area (Å²) in [6, 6.07) is 7.06. The number of likely N-dealkylation sites (tertiary alicyclic amines) is 1. The van der Waals surface area contributed by atoms with Crippen molar-refractivity contribution < 1.29 is 23.9 Å². The van der Waals surface area contributed by atoms with Gasteiger partial charge < -0.3 is 15.0 Å². The molecule has 8 heteroatoms. The van der Waals surface area contributed by atoms with Gasteiger partial charge in [0.05, 0.1) is 31.2 Å². The minimum Gasteiger partial charge on any atom is -0.495 e. The van der Waals surface area contributed by atoms with Crippen molar-refractivity contribution in [2.24, 2.45) is 11.8 Å². The largest absolute Gasteiger partial charge is 0.495 e. The van der Waals surface area contributed by atoms with E-state index < -0.39 is 0 Å². The molecule has 31 heavy (non-hydrogen) atoms. The summed E-state index contributed by atoms with van der Waals surface area (Å²) in [6.45, 7) is 2.33. The van der Waals surface area contributed by atoms with Gasteiger partial charge in [0.1, 0.15) is 5.75 Å². The smallest absolute Gasteiger partial charge is 0.244 e. The van der Waals surface area contributed by atoms with Crippen molar-refractivity contribution in [2.45, 2.75) is 45.4 Å². The van der Waals surface area contributed by atoms with Gasteiger partial charge in [-0.05, 0) is 31.4 Å². The molecule has 3 rings (SSSR count). The number of carbonyl (C=O) groups excluding carboxylic acids is 4. The summed E-state index contributed by atoms with van der Waals surface area (Å²) < 4.78 is 5.24. The van der Waals surface area contributed by atoms with Gasteiger partial charge in [-0.2, -0.15) is 0 Å². The van der Waals surface area contributed by atoms with Crippen molar-refractivity contribution in [1.29, 1.82) is 0 Å². The molecule has 0 unspecified atom stereocenters. The summed E-state index contributed by atoms with van der Waals surface area (Å²) >= 11 is 0. The van der Waals surface area contributed by atoms with Gasteiger partial charge in [-0.15, -0.1) is 0 Å². The maximum absolute atomic E-state index is 12.8. The van der Waals surface area contributed by atoms with E-state index >= 15 is 0 Å². The maximum Gasteiger partial charge on any atom is 0.244 e. The lowest BCUT2D eigenvalue weighted by Crippen LogP contribution is -2.41. The number of anilines is 1. The van der Waals surface area contributed by atoms with Gasteiger partial charge in [-0.1, -0.05) is 31.9 Å². The summed E-state index contributed by atoms with van der Waals surface area (Å²) in [5.41, 5.74) is 0.537. The quantitative estimate of drug-likeness (QED) is 0.608. The van der Waals surface area contributed by atoms with Crippen molar-refractivity contribution in [1.82, 2.24) is 9.80 Å². The van der Waals surface area contributed by atoms with Crippen LogP contribution in [-0.2, 0) is 19.2 Å². The first-order valence-electron chi connectivity index (χ1n) is 11.0. The highest BCUT2D eigenvalue weighted by molar-refractivity contribution is 6.05. The van der Waals surface area contributed by atoms with E-state index in [4.69, 9.17) is 4.74 Å². The lowest BCUT2D eigenvalue weighted by molar-refractivity contribution is -0.141. The molecule has 168 valence electrons. The number of hydrogen-bond donors (Lipinski definition) is 1. The first-order valence-corrected chi connectivity index (χ1v) is 11.0. The SMILES string of the molecule is CCCN(CC(=O)Nc1ccccc1OC)C(=O)CCN1C(=O)[C@H]2CCCC[C@H]2C1=O. The third-order valence-corrected chi connectivity index (χ3v) is 6.04. The minimum absolute atomic E-state index is 0.0266. The van der Waals surface area contributed by atoms with E-state index in [-0.39, 0.29) is 55.0 Å². The summed E-state index contributed by atoms with van der Waals surface area (Å²) in [5.74, 6) is -0.740. The molecule has 1 aliphatic heterocycles. The minimum atomic E-state index is -0.328. The standard InChI is InChI=1S/C23H31N3O5/c1-3-13-25(15-20(27)24-18-10-6-7-11-19(18)31-2)21(28)12-14-26-22(29)16-8-4-5-9-17(16)23(26)30/h6-7,10-11,16-17H,3-5,8-9,12-15H2,1-2H3,(H,24,27)/t16-,17+. The van der Waals surface area contributed by atoms with Crippen LogP contribution in [0.1, 0.15) is 45.4 Å². The topological polar surface area (TPSA) is 96.0 Å². The number of rotatable bonds is 9. The Balaban J connectivity index is 1.57. The summed E-state index contributed by atoms with van der Waals surface area (Å²) in [4.78, 5) is 53.3. The van der Waals surface area contributed by atoms with Crippen LogP contribution in [-0.4, -0.2) is 60.2 Å². The van der Waals surface area contributed by atoms with Crippen LogP contribution in [0.3, 0.4) is 0 Å². The van der Waals surface area contributed by atoms with E-state index in [1.807, 2.05) is 6.92 Å². The molecular weight excluding hydrogens is 398 g/mol. The lowest BCUT2D eigenvalue weighted by atomic mass is 9.81. The van der Waals surface area contributed by atoms with Crippen molar-refractivity contribution in [2.75, 3.05) is 32.1 Å². The number of carbonyl (C=O) groups is 4. The molecule has 1 N–H and O–H groups in total. The summed E-state index contributed by atoms with van der Waals surface area (Å²) in [7, 11) is 1.52. The Hall–Kier alpha value is -2.90. The van der Waals surface area contributed by atoms with Crippen LogP contribution < -0.4 is 10.1 Å². The zero-order valence-electron chi connectivity index (χ0n) is 18.3. The number of fused-ring (bicyclic) bond motifs is 1. The van der Waals surface area contributed by atoms with Gasteiger partial charge in [-0.25, -0.2) is 0 Å². The highest BCUT2D eigenvalue weighted by Crippen LogP contribution is 2.38. The van der Waals surface area contributed by atoms with E-state index in [2.05, 4.69) is 5.32 Å². The third kappa shape index (κ3) is 5.24. The van der Waals surface area contributed by atoms with Crippen LogP contribution in [0.2, 0.25) is 0 Å². The number of hydrogen-bond acceptors (Lipinski definition) is 5. The molecule has 2 fully saturated rings. The fourth-order valence-electron chi connectivity index (χ4n) is 4.49. The number of ether oxygens (including phenoxy) is 1. The second-order valence-electron chi connectivity index (χ2n) is 8.14. The highest BCUT2D eigenvalue weighted by atomic mass is 16.5. The summed E-state index contributed by atoms with van der Waals surface area (Å²) in [6.07, 6.45) is 4.17. The molecule has 0 bridgehead atoms. The molecule has 4 amide bonds. The van der Waals surface area contributed by atoms with Crippen LogP contribution >= 0.6 is 0 Å². The average molecular weight is 430 g/mol. The van der Waals surface area contributed by atoms with E-state index in [1.54, 1.807) is 24.3 Å². The molecule has 1 saturated carbocycles. The molecule has 8 nitrogen and oxygen atoms in total. The molecule has 0 radical (unpaired) electrons. The van der Waals surface area contributed by atoms with Gasteiger partial charge in [0, 0.05) is 19.5 Å². The van der Waals surface area contributed by atoms with E-state index in [0.29, 0.717) is 24.4 Å². The van der Waals surface area contributed by atoms with Crippen molar-refractivity contribution in [3.63, 3.8) is 0 Å². The normalized spacial score (nSPS) is 20.4. The fourth-order valence-corrected chi connectivity index (χ4v) is 4.49. The van der Waals surface area contributed by atoms with E-state index in [0.717, 1.165) is 25.7 Å². The molecule has 1 heterocycles. The molecule has 0 aromatic heterocycles. The number of amides is 4. The molecule has 1 aliphatic carbocycles. The Kier molecular flexibility index (Phi) is 7.65. The number of imide groups is 1. The number of nitrogens with zero attached hydrogens (tertiary/aromatic N) is 2. The Morgan fingerprint density at radius 2 is 1.77 bits per heavy atom. The highest BCUT2D eigenvalue weighted by Gasteiger charge is 2.47. The van der Waals surface area contributed by atoms with Gasteiger partial charge in [0.25, 0.3) is 0 Å². The molecule has 2 aliphatic rings. The monoisotopic (exact) mass is 429 g/mol. The first kappa shape index (κ1) is 22.8. The Morgan fingerprint density at radius 1 is 1.13 bits per heavy atom. The maximum atomic E-state index is 12.8. The van der Waals surface area contributed by atoms with Gasteiger partial charge in [-0.3, -0.25) is 24.1 Å². The number of benzene rings is 1. The second-order valence-corrected chi connectivity index (χ2v) is 8.14. The molecule has 1 aromatic carbocycles. The Bertz CT molecular complexity index is 816. The van der Waals surface area contributed by atoms with Gasteiger partial charge in [0.2, 0.25) is 23.6 Å². The molecule has 1 saturated heterocycles. The van der Waals surface area contributed by atoms with E-state index in [9.17, 15) is 19.2 Å². The Morgan fingerprint density at radius 3 is 2.39 bits per heavy atom. The summed E-state index contributed by atoms with van der Waals surface area (Å²) in [5, 5.41) is 2.77. The van der Waals surface area contributed by atoms with Crippen LogP contribution in [0.5, 0.6) is 5.75 Å². The molecular formula is C23H31N3O5. The van der Waals surface area contributed by atoms with Crippen LogP contribution in [0.15, 0.2) is 24.3 Å². The van der Waals surface area contributed by atoms with E-state index in [1.165, 1.54) is 16.9 Å². The number of para-hydroxylation sites is 2. The third-order valence-electron chi connectivity index (χ3n) is 6.04. The van der Waals surface area contributed by atoms with Crippen LogP contribution in [0.4, 0.5) is 5.69 Å². The molecule has 0 spiro atoms. The molecule has 2 atom stereocenters. The van der Waals surface area contributed by atoms with Crippen LogP contribution in [0.25, 0.3) is 0 Å². The zero-order chi connectivity index (χ0) is 22.4. The number of nitrogens with one attached hydrogen (secondary N) is 1. The predicted molar refractivity (Wildman–Crippen MR) is 115 cm³/mol. The van der Waals surface area contributed by atoms with Crippen molar-refractivity contribution >= 4 is 29.3 Å². The fraction of sp³-hybridized carbons (Fsp3) is 0.565. The average Bonchev–Trinajstić information content (AvgIpc) is 3.02.